The average molecular weight is 366 g/mol. The number of benzene rings is 2. The van der Waals surface area contributed by atoms with Crippen LogP contribution in [0.3, 0.4) is 0 Å². The van der Waals surface area contributed by atoms with E-state index in [9.17, 15) is 4.79 Å². The van der Waals surface area contributed by atoms with Crippen LogP contribution >= 0.6 is 11.3 Å². The van der Waals surface area contributed by atoms with Gasteiger partial charge in [0.1, 0.15) is 10.8 Å². The standard InChI is InChI=1S/C21H22N2O2S/c1-15-9-11-16(12-10-15)25-14-20(24)23-13-5-4-7-18(23)21-22-17-6-2-3-8-19(17)26-21/h2-3,6,8-12,18H,4-5,7,13-14H2,1H3/t18-/m1/s1. The average Bonchev–Trinajstić information content (AvgIpc) is 3.11. The van der Waals surface area contributed by atoms with Gasteiger partial charge in [0, 0.05) is 6.54 Å². The zero-order valence-electron chi connectivity index (χ0n) is 14.9. The first-order valence-electron chi connectivity index (χ1n) is 9.05. The van der Waals surface area contributed by atoms with Crippen molar-refractivity contribution in [1.29, 1.82) is 0 Å². The molecule has 0 spiro atoms. The highest BCUT2D eigenvalue weighted by Gasteiger charge is 2.30. The molecule has 5 heteroatoms. The van der Waals surface area contributed by atoms with Gasteiger partial charge in [0.25, 0.3) is 5.91 Å². The van der Waals surface area contributed by atoms with Crippen molar-refractivity contribution in [3.63, 3.8) is 0 Å². The van der Waals surface area contributed by atoms with Gasteiger partial charge in [-0.1, -0.05) is 29.8 Å². The molecular weight excluding hydrogens is 344 g/mol. The van der Waals surface area contributed by atoms with Crippen molar-refractivity contribution in [2.24, 2.45) is 0 Å². The molecule has 1 atom stereocenters. The maximum absolute atomic E-state index is 12.8. The molecule has 0 saturated carbocycles. The van der Waals surface area contributed by atoms with E-state index in [-0.39, 0.29) is 18.6 Å². The smallest absolute Gasteiger partial charge is 0.261 e. The summed E-state index contributed by atoms with van der Waals surface area (Å²) in [4.78, 5) is 19.5. The van der Waals surface area contributed by atoms with E-state index in [1.165, 1.54) is 10.3 Å². The fraction of sp³-hybridized carbons (Fsp3) is 0.333. The Labute approximate surface area is 157 Å². The second-order valence-corrected chi connectivity index (χ2v) is 7.78. The van der Waals surface area contributed by atoms with Crippen LogP contribution in [0, 0.1) is 6.92 Å². The predicted molar refractivity (Wildman–Crippen MR) is 105 cm³/mol. The van der Waals surface area contributed by atoms with Crippen molar-refractivity contribution in [2.75, 3.05) is 13.2 Å². The second kappa shape index (κ2) is 7.46. The largest absolute Gasteiger partial charge is 0.484 e. The first kappa shape index (κ1) is 17.0. The van der Waals surface area contributed by atoms with Gasteiger partial charge in [0.15, 0.2) is 6.61 Å². The van der Waals surface area contributed by atoms with E-state index >= 15 is 0 Å². The molecule has 0 bridgehead atoms. The van der Waals surface area contributed by atoms with Gasteiger partial charge in [-0.2, -0.15) is 0 Å². The van der Waals surface area contributed by atoms with Crippen LogP contribution < -0.4 is 4.74 Å². The molecule has 3 aromatic rings. The van der Waals surface area contributed by atoms with E-state index in [4.69, 9.17) is 9.72 Å². The molecule has 0 unspecified atom stereocenters. The van der Waals surface area contributed by atoms with E-state index < -0.39 is 0 Å². The quantitative estimate of drug-likeness (QED) is 0.670. The Kier molecular flexibility index (Phi) is 4.89. The van der Waals surface area contributed by atoms with E-state index in [0.717, 1.165) is 42.1 Å². The summed E-state index contributed by atoms with van der Waals surface area (Å²) in [5, 5.41) is 1.04. The van der Waals surface area contributed by atoms with Crippen LogP contribution in [0.15, 0.2) is 48.5 Å². The molecule has 2 aromatic carbocycles. The number of carbonyl (C=O) groups is 1. The molecule has 1 aliphatic rings. The minimum atomic E-state index is 0.0366. The lowest BCUT2D eigenvalue weighted by atomic mass is 10.0. The van der Waals surface area contributed by atoms with Gasteiger partial charge in [-0.15, -0.1) is 11.3 Å². The van der Waals surface area contributed by atoms with Gasteiger partial charge in [-0.25, -0.2) is 4.98 Å². The topological polar surface area (TPSA) is 42.4 Å². The van der Waals surface area contributed by atoms with Gasteiger partial charge < -0.3 is 9.64 Å². The Bertz CT molecular complexity index is 871. The number of para-hydroxylation sites is 1. The number of hydrogen-bond acceptors (Lipinski definition) is 4. The van der Waals surface area contributed by atoms with E-state index in [1.54, 1.807) is 11.3 Å². The molecule has 1 aliphatic heterocycles. The molecular formula is C21H22N2O2S. The Morgan fingerprint density at radius 3 is 2.81 bits per heavy atom. The zero-order chi connectivity index (χ0) is 17.9. The predicted octanol–water partition coefficient (Wildman–Crippen LogP) is 4.74. The third kappa shape index (κ3) is 3.58. The first-order valence-corrected chi connectivity index (χ1v) is 9.87. The van der Waals surface area contributed by atoms with Crippen molar-refractivity contribution >= 4 is 27.5 Å². The van der Waals surface area contributed by atoms with Crippen molar-refractivity contribution < 1.29 is 9.53 Å². The molecule has 0 N–H and O–H groups in total. The Morgan fingerprint density at radius 2 is 2.00 bits per heavy atom. The van der Waals surface area contributed by atoms with Gasteiger partial charge in [0.05, 0.1) is 16.3 Å². The fourth-order valence-corrected chi connectivity index (χ4v) is 4.50. The monoisotopic (exact) mass is 366 g/mol. The molecule has 2 heterocycles. The number of piperidine rings is 1. The number of rotatable bonds is 4. The summed E-state index contributed by atoms with van der Waals surface area (Å²) in [5.74, 6) is 0.770. The SMILES string of the molecule is Cc1ccc(OCC(=O)N2CCCC[C@@H]2c2nc3ccccc3s2)cc1. The summed E-state index contributed by atoms with van der Waals surface area (Å²) < 4.78 is 6.89. The molecule has 4 rings (SSSR count). The third-order valence-electron chi connectivity index (χ3n) is 4.80. The van der Waals surface area contributed by atoms with Gasteiger partial charge >= 0.3 is 0 Å². The molecule has 0 radical (unpaired) electrons. The van der Waals surface area contributed by atoms with Gasteiger partial charge in [-0.05, 0) is 50.5 Å². The number of amides is 1. The normalized spacial score (nSPS) is 17.4. The van der Waals surface area contributed by atoms with E-state index in [0.29, 0.717) is 0 Å². The van der Waals surface area contributed by atoms with Crippen molar-refractivity contribution in [2.45, 2.75) is 32.2 Å². The number of nitrogens with zero attached hydrogens (tertiary/aromatic N) is 2. The van der Waals surface area contributed by atoms with Crippen molar-refractivity contribution in [3.8, 4) is 5.75 Å². The maximum atomic E-state index is 12.8. The number of hydrogen-bond donors (Lipinski definition) is 0. The maximum Gasteiger partial charge on any atom is 0.261 e. The second-order valence-electron chi connectivity index (χ2n) is 6.72. The van der Waals surface area contributed by atoms with Crippen LogP contribution in [-0.4, -0.2) is 28.9 Å². The molecule has 1 aromatic heterocycles. The molecule has 1 fully saturated rings. The number of aryl methyl sites for hydroxylation is 1. The lowest BCUT2D eigenvalue weighted by Gasteiger charge is -2.34. The molecule has 26 heavy (non-hydrogen) atoms. The number of thiazole rings is 1. The van der Waals surface area contributed by atoms with Crippen molar-refractivity contribution in [1.82, 2.24) is 9.88 Å². The first-order chi connectivity index (χ1) is 12.7. The number of carbonyl (C=O) groups excluding carboxylic acids is 1. The Balaban J connectivity index is 1.49. The minimum absolute atomic E-state index is 0.0366. The number of likely N-dealkylation sites (tertiary alicyclic amines) is 1. The molecule has 134 valence electrons. The third-order valence-corrected chi connectivity index (χ3v) is 5.94. The minimum Gasteiger partial charge on any atom is -0.484 e. The summed E-state index contributed by atoms with van der Waals surface area (Å²) >= 11 is 1.70. The highest BCUT2D eigenvalue weighted by molar-refractivity contribution is 7.18. The number of ether oxygens (including phenoxy) is 1. The Morgan fingerprint density at radius 1 is 1.19 bits per heavy atom. The zero-order valence-corrected chi connectivity index (χ0v) is 15.7. The van der Waals surface area contributed by atoms with Crippen LogP contribution in [0.1, 0.15) is 35.9 Å². The van der Waals surface area contributed by atoms with Crippen LogP contribution in [0.2, 0.25) is 0 Å². The lowest BCUT2D eigenvalue weighted by molar-refractivity contribution is -0.137. The summed E-state index contributed by atoms with van der Waals surface area (Å²) in [6.45, 7) is 2.88. The van der Waals surface area contributed by atoms with Crippen LogP contribution in [0.5, 0.6) is 5.75 Å². The summed E-state index contributed by atoms with van der Waals surface area (Å²) in [7, 11) is 0. The molecule has 4 nitrogen and oxygen atoms in total. The highest BCUT2D eigenvalue weighted by atomic mass is 32.1. The Hall–Kier alpha value is -2.40. The highest BCUT2D eigenvalue weighted by Crippen LogP contribution is 2.35. The molecule has 1 amide bonds. The number of aromatic nitrogens is 1. The van der Waals surface area contributed by atoms with Gasteiger partial charge in [0.2, 0.25) is 0 Å². The van der Waals surface area contributed by atoms with Crippen LogP contribution in [0.25, 0.3) is 10.2 Å². The van der Waals surface area contributed by atoms with E-state index in [1.807, 2.05) is 54.3 Å². The summed E-state index contributed by atoms with van der Waals surface area (Å²) in [6, 6.07) is 16.0. The van der Waals surface area contributed by atoms with Crippen LogP contribution in [0.4, 0.5) is 0 Å². The molecule has 1 saturated heterocycles. The van der Waals surface area contributed by atoms with Crippen LogP contribution in [-0.2, 0) is 4.79 Å². The molecule has 0 aliphatic carbocycles. The van der Waals surface area contributed by atoms with Crippen molar-refractivity contribution in [3.05, 3.63) is 59.1 Å². The van der Waals surface area contributed by atoms with Gasteiger partial charge in [-0.3, -0.25) is 4.79 Å². The van der Waals surface area contributed by atoms with E-state index in [2.05, 4.69) is 6.07 Å². The lowest BCUT2D eigenvalue weighted by Crippen LogP contribution is -2.41. The fourth-order valence-electron chi connectivity index (χ4n) is 3.38. The summed E-state index contributed by atoms with van der Waals surface area (Å²) in [5.41, 5.74) is 2.19. The summed E-state index contributed by atoms with van der Waals surface area (Å²) in [6.07, 6.45) is 3.14. The number of fused-ring (bicyclic) bond motifs is 1.